The van der Waals surface area contributed by atoms with Gasteiger partial charge in [0.1, 0.15) is 49.4 Å². The Bertz CT molecular complexity index is 2530. The first-order chi connectivity index (χ1) is 31.7. The van der Waals surface area contributed by atoms with Gasteiger partial charge in [0.2, 0.25) is 0 Å². The quantitative estimate of drug-likeness (QED) is 0.176. The lowest BCUT2D eigenvalue weighted by Gasteiger charge is -2.22. The number of benzene rings is 8. The molecule has 6 heteroatoms. The zero-order chi connectivity index (χ0) is 42.7. The van der Waals surface area contributed by atoms with E-state index in [0.717, 1.165) is 112 Å². The maximum Gasteiger partial charge on any atom is 0.128 e. The smallest absolute Gasteiger partial charge is 0.128 e. The zero-order valence-corrected chi connectivity index (χ0v) is 35.7. The van der Waals surface area contributed by atoms with Crippen molar-refractivity contribution in [1.82, 2.24) is 0 Å². The molecule has 0 unspecified atom stereocenters. The number of hydrogen-bond donors (Lipinski definition) is 0. The lowest BCUT2D eigenvalue weighted by atomic mass is 9.91. The highest BCUT2D eigenvalue weighted by molar-refractivity contribution is 5.73. The van der Waals surface area contributed by atoms with Gasteiger partial charge in [0.15, 0.2) is 0 Å². The summed E-state index contributed by atoms with van der Waals surface area (Å²) in [5, 5.41) is 0. The van der Waals surface area contributed by atoms with E-state index in [1.807, 2.05) is 0 Å². The highest BCUT2D eigenvalue weighted by Crippen LogP contribution is 2.42. The van der Waals surface area contributed by atoms with Gasteiger partial charge < -0.3 is 28.4 Å². The normalized spacial score (nSPS) is 14.6. The van der Waals surface area contributed by atoms with Gasteiger partial charge in [-0.2, -0.15) is 0 Å². The van der Waals surface area contributed by atoms with E-state index in [0.29, 0.717) is 65.7 Å². The molecule has 0 amide bonds. The Morgan fingerprint density at radius 2 is 0.453 bits per heavy atom. The molecule has 8 aromatic carbocycles. The van der Waals surface area contributed by atoms with Crippen LogP contribution < -0.4 is 18.9 Å². The summed E-state index contributed by atoms with van der Waals surface area (Å²) in [6, 6.07) is 60.1. The van der Waals surface area contributed by atoms with Crippen molar-refractivity contribution in [2.45, 2.75) is 39.3 Å². The molecule has 64 heavy (non-hydrogen) atoms. The molecule has 4 bridgehead atoms. The predicted molar refractivity (Wildman–Crippen MR) is 252 cm³/mol. The minimum absolute atomic E-state index is 0.346. The SMILES string of the molecule is c1ccc(-c2cc3c4c(c2)Cc2cc(-c5ccccc5)cc5c2OCCOc2c(cc(-c6ccccc6)cc2Cc2cc(-c6ccccc6)cc(c2OCCO4)COC3)COC5)cc1. The average molecular weight is 841 g/mol. The summed E-state index contributed by atoms with van der Waals surface area (Å²) in [6.07, 6.45) is 1.09. The van der Waals surface area contributed by atoms with Crippen molar-refractivity contribution < 1.29 is 28.4 Å². The minimum Gasteiger partial charge on any atom is -0.489 e. The summed E-state index contributed by atoms with van der Waals surface area (Å²) >= 11 is 0. The first kappa shape index (κ1) is 39.7. The summed E-state index contributed by atoms with van der Waals surface area (Å²) in [6.45, 7) is 2.77. The van der Waals surface area contributed by atoms with Gasteiger partial charge in [-0.3, -0.25) is 0 Å². The molecule has 0 fully saturated rings. The van der Waals surface area contributed by atoms with Crippen LogP contribution in [0.2, 0.25) is 0 Å². The molecule has 0 saturated carbocycles. The summed E-state index contributed by atoms with van der Waals surface area (Å²) in [5.74, 6) is 3.24. The molecule has 3 aliphatic heterocycles. The molecule has 6 nitrogen and oxygen atoms in total. The first-order valence-electron chi connectivity index (χ1n) is 22.2. The van der Waals surface area contributed by atoms with Gasteiger partial charge in [0.05, 0.1) is 26.4 Å². The van der Waals surface area contributed by atoms with Gasteiger partial charge in [-0.15, -0.1) is 0 Å². The van der Waals surface area contributed by atoms with Gasteiger partial charge in [0, 0.05) is 35.1 Å². The average Bonchev–Trinajstić information content (AvgIpc) is 3.41. The van der Waals surface area contributed by atoms with Crippen LogP contribution in [0.1, 0.15) is 44.5 Å². The van der Waals surface area contributed by atoms with Crippen molar-refractivity contribution in [3.63, 3.8) is 0 Å². The molecule has 3 heterocycles. The van der Waals surface area contributed by atoms with Gasteiger partial charge >= 0.3 is 0 Å². The molecule has 0 aliphatic carbocycles. The Morgan fingerprint density at radius 3 is 0.688 bits per heavy atom. The van der Waals surface area contributed by atoms with Crippen LogP contribution in [0.25, 0.3) is 44.5 Å². The summed E-state index contributed by atoms with van der Waals surface area (Å²) in [4.78, 5) is 0. The van der Waals surface area contributed by atoms with Gasteiger partial charge in [0.25, 0.3) is 0 Å². The van der Waals surface area contributed by atoms with Crippen LogP contribution in [0.3, 0.4) is 0 Å². The van der Waals surface area contributed by atoms with E-state index in [9.17, 15) is 0 Å². The minimum atomic E-state index is 0.346. The molecule has 0 atom stereocenters. The van der Waals surface area contributed by atoms with Crippen LogP contribution in [-0.4, -0.2) is 26.4 Å². The van der Waals surface area contributed by atoms with Crippen molar-refractivity contribution in [3.05, 3.63) is 214 Å². The molecule has 8 aromatic rings. The van der Waals surface area contributed by atoms with E-state index in [1.54, 1.807) is 0 Å². The van der Waals surface area contributed by atoms with Crippen molar-refractivity contribution in [3.8, 4) is 67.5 Å². The first-order valence-corrected chi connectivity index (χ1v) is 22.2. The van der Waals surface area contributed by atoms with E-state index >= 15 is 0 Å². The Hall–Kier alpha value is -7.12. The summed E-state index contributed by atoms with van der Waals surface area (Å²) in [7, 11) is 0. The Balaban J connectivity index is 1.14. The molecule has 3 aliphatic rings. The van der Waals surface area contributed by atoms with Crippen molar-refractivity contribution in [2.24, 2.45) is 0 Å². The molecule has 0 spiro atoms. The van der Waals surface area contributed by atoms with Gasteiger partial charge in [-0.25, -0.2) is 0 Å². The third-order valence-corrected chi connectivity index (χ3v) is 12.3. The molecule has 11 rings (SSSR count). The summed E-state index contributed by atoms with van der Waals surface area (Å²) in [5.41, 5.74) is 17.0. The van der Waals surface area contributed by atoms with Crippen LogP contribution in [0.4, 0.5) is 0 Å². The van der Waals surface area contributed by atoms with E-state index < -0.39 is 0 Å². The molecule has 316 valence electrons. The third kappa shape index (κ3) is 8.26. The van der Waals surface area contributed by atoms with Gasteiger partial charge in [-0.1, -0.05) is 121 Å². The lowest BCUT2D eigenvalue weighted by Crippen LogP contribution is -2.15. The Morgan fingerprint density at radius 1 is 0.234 bits per heavy atom. The van der Waals surface area contributed by atoms with Gasteiger partial charge in [-0.05, 0) is 115 Å². The van der Waals surface area contributed by atoms with Crippen molar-refractivity contribution in [2.75, 3.05) is 26.4 Å². The summed E-state index contributed by atoms with van der Waals surface area (Å²) < 4.78 is 41.1. The fourth-order valence-electron chi connectivity index (χ4n) is 9.43. The topological polar surface area (TPSA) is 55.4 Å². The number of ether oxygens (including phenoxy) is 6. The zero-order valence-electron chi connectivity index (χ0n) is 35.7. The molecule has 0 saturated heterocycles. The molecule has 0 radical (unpaired) electrons. The molecular formula is C58H48O6. The fourth-order valence-corrected chi connectivity index (χ4v) is 9.43. The molecule has 0 aromatic heterocycles. The van der Waals surface area contributed by atoms with Crippen LogP contribution >= 0.6 is 0 Å². The van der Waals surface area contributed by atoms with E-state index in [4.69, 9.17) is 28.4 Å². The lowest BCUT2D eigenvalue weighted by molar-refractivity contribution is 0.104. The Labute approximate surface area is 374 Å². The highest BCUT2D eigenvalue weighted by Gasteiger charge is 2.25. The predicted octanol–water partition coefficient (Wildman–Crippen LogP) is 12.8. The second kappa shape index (κ2) is 17.9. The van der Waals surface area contributed by atoms with Crippen molar-refractivity contribution >= 4 is 0 Å². The standard InChI is InChI=1S/C58H48O6/c1-5-13-39(14-6-1)43-25-47-33-48-26-44(40-15-7-2-8-16-40)30-53-37-60-38-54-32-46(42-19-11-4-12-20-42)28-50(58(54)64-24-23-62-56(48)53)34-49-27-45(41-17-9-3-10-18-41)31-52-36-59-35-51(29-43)55(47)61-21-22-63-57(49)52/h1-20,25-32H,21-24,33-38H2. The second-order valence-corrected chi connectivity index (χ2v) is 16.7. The fraction of sp³-hybridized carbons (Fsp3) is 0.172. The molecular weight excluding hydrogens is 793 g/mol. The van der Waals surface area contributed by atoms with Crippen LogP contribution in [0, 0.1) is 0 Å². The number of hydrogen-bond acceptors (Lipinski definition) is 6. The largest absolute Gasteiger partial charge is 0.489 e. The highest BCUT2D eigenvalue weighted by atomic mass is 16.5. The maximum absolute atomic E-state index is 6.89. The molecule has 0 N–H and O–H groups in total. The monoisotopic (exact) mass is 840 g/mol. The number of fused-ring (bicyclic) bond motifs is 6. The van der Waals surface area contributed by atoms with E-state index in [1.165, 1.54) is 0 Å². The maximum atomic E-state index is 6.89. The number of rotatable bonds is 4. The van der Waals surface area contributed by atoms with Crippen LogP contribution in [0.15, 0.2) is 170 Å². The van der Waals surface area contributed by atoms with Crippen molar-refractivity contribution in [1.29, 1.82) is 0 Å². The Kier molecular flexibility index (Phi) is 11.1. The van der Waals surface area contributed by atoms with Crippen LogP contribution in [-0.2, 0) is 48.7 Å². The third-order valence-electron chi connectivity index (χ3n) is 12.3. The van der Waals surface area contributed by atoms with E-state index in [2.05, 4.69) is 170 Å². The van der Waals surface area contributed by atoms with Crippen LogP contribution in [0.5, 0.6) is 23.0 Å². The van der Waals surface area contributed by atoms with E-state index in [-0.39, 0.29) is 0 Å². The second-order valence-electron chi connectivity index (χ2n) is 16.7.